The number of nitrogens with zero attached hydrogens (tertiary/aromatic N) is 4. The summed E-state index contributed by atoms with van der Waals surface area (Å²) in [4.78, 5) is 26.2. The van der Waals surface area contributed by atoms with E-state index in [1.807, 2.05) is 11.0 Å². The molecule has 1 atom stereocenters. The molecule has 3 aliphatic heterocycles. The molecule has 31 heavy (non-hydrogen) atoms. The number of amides is 1. The quantitative estimate of drug-likeness (QED) is 0.737. The number of hydrogen-bond donors (Lipinski definition) is 0. The van der Waals surface area contributed by atoms with E-state index in [4.69, 9.17) is 9.47 Å². The lowest BCUT2D eigenvalue weighted by atomic mass is 9.99. The molecule has 164 valence electrons. The van der Waals surface area contributed by atoms with Crippen molar-refractivity contribution < 1.29 is 14.3 Å². The van der Waals surface area contributed by atoms with Crippen molar-refractivity contribution in [1.82, 2.24) is 19.8 Å². The van der Waals surface area contributed by atoms with Crippen molar-refractivity contribution in [2.45, 2.75) is 44.9 Å². The summed E-state index contributed by atoms with van der Waals surface area (Å²) in [5, 5.41) is 0. The molecule has 0 N–H and O–H groups in total. The Hall–Kier alpha value is -2.51. The molecule has 1 aromatic carbocycles. The van der Waals surface area contributed by atoms with Crippen LogP contribution in [0.2, 0.25) is 0 Å². The van der Waals surface area contributed by atoms with E-state index in [0.717, 1.165) is 63.1 Å². The fourth-order valence-electron chi connectivity index (χ4n) is 4.83. The largest absolute Gasteiger partial charge is 0.472 e. The van der Waals surface area contributed by atoms with Gasteiger partial charge in [0.1, 0.15) is 12.4 Å². The number of rotatable bonds is 5. The number of likely N-dealkylation sites (tertiary alicyclic amines) is 1. The van der Waals surface area contributed by atoms with E-state index < -0.39 is 0 Å². The lowest BCUT2D eigenvalue weighted by Gasteiger charge is -2.29. The third kappa shape index (κ3) is 4.72. The van der Waals surface area contributed by atoms with Crippen molar-refractivity contribution in [3.63, 3.8) is 0 Å². The lowest BCUT2D eigenvalue weighted by Crippen LogP contribution is -2.38. The number of carbonyl (C=O) groups excluding carboxylic acids is 1. The van der Waals surface area contributed by atoms with Crippen LogP contribution in [0.25, 0.3) is 0 Å². The third-order valence-corrected chi connectivity index (χ3v) is 6.60. The fourth-order valence-corrected chi connectivity index (χ4v) is 4.83. The average Bonchev–Trinajstić information content (AvgIpc) is 3.29. The van der Waals surface area contributed by atoms with E-state index in [-0.39, 0.29) is 17.9 Å². The normalized spacial score (nSPS) is 22.3. The molecule has 7 heteroatoms. The van der Waals surface area contributed by atoms with Gasteiger partial charge in [-0.1, -0.05) is 30.3 Å². The number of fused-ring (bicyclic) bond motifs is 1. The SMILES string of the molecule is O=C(C1CCOCC1)N1CCC(Oc2ncnc3c2CN(Cc2ccccc2)CC3)C1. The van der Waals surface area contributed by atoms with Crippen LogP contribution in [0.15, 0.2) is 36.7 Å². The predicted molar refractivity (Wildman–Crippen MR) is 115 cm³/mol. The van der Waals surface area contributed by atoms with Crippen molar-refractivity contribution in [1.29, 1.82) is 0 Å². The van der Waals surface area contributed by atoms with Crippen LogP contribution in [0.3, 0.4) is 0 Å². The maximum atomic E-state index is 12.8. The summed E-state index contributed by atoms with van der Waals surface area (Å²) in [6.07, 6.45) is 5.02. The van der Waals surface area contributed by atoms with Gasteiger partial charge in [-0.05, 0) is 18.4 Å². The van der Waals surface area contributed by atoms with Crippen molar-refractivity contribution in [2.75, 3.05) is 32.8 Å². The van der Waals surface area contributed by atoms with Gasteiger partial charge in [-0.25, -0.2) is 9.97 Å². The highest BCUT2D eigenvalue weighted by atomic mass is 16.5. The summed E-state index contributed by atoms with van der Waals surface area (Å²) in [5.74, 6) is 1.05. The van der Waals surface area contributed by atoms with Gasteiger partial charge >= 0.3 is 0 Å². The Morgan fingerprint density at radius 1 is 1.10 bits per heavy atom. The number of hydrogen-bond acceptors (Lipinski definition) is 6. The van der Waals surface area contributed by atoms with E-state index >= 15 is 0 Å². The van der Waals surface area contributed by atoms with Crippen LogP contribution >= 0.6 is 0 Å². The summed E-state index contributed by atoms with van der Waals surface area (Å²) in [6.45, 7) is 5.46. The minimum Gasteiger partial charge on any atom is -0.472 e. The molecule has 0 bridgehead atoms. The number of carbonyl (C=O) groups is 1. The minimum absolute atomic E-state index is 0.00714. The zero-order chi connectivity index (χ0) is 21.0. The third-order valence-electron chi connectivity index (χ3n) is 6.60. The maximum absolute atomic E-state index is 12.8. The number of benzene rings is 1. The standard InChI is InChI=1S/C24H30N4O3/c29-24(19-8-12-30-13-9-19)28-11-6-20(15-28)31-23-21-16-27(10-7-22(21)25-17-26-23)14-18-4-2-1-3-5-18/h1-5,17,19-20H,6-16H2. The Bertz CT molecular complexity index is 901. The molecule has 3 aliphatic rings. The molecule has 1 aromatic heterocycles. The second-order valence-electron chi connectivity index (χ2n) is 8.75. The molecule has 0 spiro atoms. The van der Waals surface area contributed by atoms with Crippen LogP contribution in [-0.2, 0) is 29.0 Å². The first-order valence-electron chi connectivity index (χ1n) is 11.4. The zero-order valence-electron chi connectivity index (χ0n) is 17.9. The van der Waals surface area contributed by atoms with E-state index in [0.29, 0.717) is 25.6 Å². The van der Waals surface area contributed by atoms with E-state index in [9.17, 15) is 4.79 Å². The molecule has 2 aromatic rings. The molecule has 0 saturated carbocycles. The van der Waals surface area contributed by atoms with Gasteiger partial charge in [0.05, 0.1) is 12.2 Å². The van der Waals surface area contributed by atoms with Gasteiger partial charge in [0.15, 0.2) is 0 Å². The molecular formula is C24H30N4O3. The minimum atomic E-state index is -0.00714. The number of ether oxygens (including phenoxy) is 2. The average molecular weight is 423 g/mol. The van der Waals surface area contributed by atoms with Gasteiger partial charge in [0.25, 0.3) is 0 Å². The molecule has 0 aliphatic carbocycles. The first-order chi connectivity index (χ1) is 15.3. The molecule has 5 rings (SSSR count). The molecule has 1 unspecified atom stereocenters. The van der Waals surface area contributed by atoms with Gasteiger partial charge in [-0.15, -0.1) is 0 Å². The highest BCUT2D eigenvalue weighted by Gasteiger charge is 2.33. The van der Waals surface area contributed by atoms with Gasteiger partial charge in [-0.3, -0.25) is 9.69 Å². The van der Waals surface area contributed by atoms with Crippen LogP contribution in [-0.4, -0.2) is 64.6 Å². The molecule has 1 amide bonds. The first-order valence-corrected chi connectivity index (χ1v) is 11.4. The predicted octanol–water partition coefficient (Wildman–Crippen LogP) is 2.44. The second kappa shape index (κ2) is 9.32. The fraction of sp³-hybridized carbons (Fsp3) is 0.542. The Morgan fingerprint density at radius 3 is 2.77 bits per heavy atom. The lowest BCUT2D eigenvalue weighted by molar-refractivity contribution is -0.137. The second-order valence-corrected chi connectivity index (χ2v) is 8.75. The van der Waals surface area contributed by atoms with Gasteiger partial charge in [-0.2, -0.15) is 0 Å². The van der Waals surface area contributed by atoms with Crippen LogP contribution in [0.1, 0.15) is 36.1 Å². The molecule has 2 fully saturated rings. The topological polar surface area (TPSA) is 67.8 Å². The Kier molecular flexibility index (Phi) is 6.13. The van der Waals surface area contributed by atoms with Crippen molar-refractivity contribution in [3.8, 4) is 5.88 Å². The molecule has 4 heterocycles. The van der Waals surface area contributed by atoms with Crippen molar-refractivity contribution >= 4 is 5.91 Å². The highest BCUT2D eigenvalue weighted by Crippen LogP contribution is 2.28. The van der Waals surface area contributed by atoms with Crippen LogP contribution in [0.4, 0.5) is 0 Å². The summed E-state index contributed by atoms with van der Waals surface area (Å²) in [7, 11) is 0. The first kappa shape index (κ1) is 20.4. The molecule has 7 nitrogen and oxygen atoms in total. The van der Waals surface area contributed by atoms with Crippen LogP contribution in [0, 0.1) is 5.92 Å². The summed E-state index contributed by atoms with van der Waals surface area (Å²) in [5.41, 5.74) is 3.49. The Morgan fingerprint density at radius 2 is 1.94 bits per heavy atom. The van der Waals surface area contributed by atoms with E-state index in [2.05, 4.69) is 39.1 Å². The Balaban J connectivity index is 1.22. The maximum Gasteiger partial charge on any atom is 0.225 e. The van der Waals surface area contributed by atoms with Crippen molar-refractivity contribution in [3.05, 3.63) is 53.5 Å². The monoisotopic (exact) mass is 422 g/mol. The van der Waals surface area contributed by atoms with Gasteiger partial charge in [0, 0.05) is 63.7 Å². The summed E-state index contributed by atoms with van der Waals surface area (Å²) < 4.78 is 11.7. The van der Waals surface area contributed by atoms with Crippen molar-refractivity contribution in [2.24, 2.45) is 5.92 Å². The van der Waals surface area contributed by atoms with E-state index in [1.165, 1.54) is 5.56 Å². The van der Waals surface area contributed by atoms with Crippen LogP contribution in [0.5, 0.6) is 5.88 Å². The number of aromatic nitrogens is 2. The summed E-state index contributed by atoms with van der Waals surface area (Å²) in [6, 6.07) is 10.5. The molecular weight excluding hydrogens is 392 g/mol. The smallest absolute Gasteiger partial charge is 0.225 e. The van der Waals surface area contributed by atoms with Gasteiger partial charge < -0.3 is 14.4 Å². The molecule has 0 radical (unpaired) electrons. The highest BCUT2D eigenvalue weighted by molar-refractivity contribution is 5.79. The molecule has 2 saturated heterocycles. The van der Waals surface area contributed by atoms with Crippen LogP contribution < -0.4 is 4.74 Å². The van der Waals surface area contributed by atoms with Gasteiger partial charge in [0.2, 0.25) is 11.8 Å². The zero-order valence-corrected chi connectivity index (χ0v) is 17.9. The summed E-state index contributed by atoms with van der Waals surface area (Å²) >= 11 is 0. The van der Waals surface area contributed by atoms with E-state index in [1.54, 1.807) is 6.33 Å². The Labute approximate surface area is 183 Å².